The van der Waals surface area contributed by atoms with Crippen LogP contribution in [0.15, 0.2) is 48.6 Å². The van der Waals surface area contributed by atoms with Crippen molar-refractivity contribution >= 4 is 11.9 Å². The van der Waals surface area contributed by atoms with E-state index in [1.54, 1.807) is 6.08 Å². The predicted octanol–water partition coefficient (Wildman–Crippen LogP) is 24.0. The van der Waals surface area contributed by atoms with E-state index in [0.29, 0.717) is 19.4 Å². The fourth-order valence-corrected chi connectivity index (χ4v) is 11.4. The lowest BCUT2D eigenvalue weighted by Gasteiger charge is -2.20. The monoisotopic (exact) mass is 1150 g/mol. The number of aliphatic hydroxyl groups excluding tert-OH is 2. The highest BCUT2D eigenvalue weighted by molar-refractivity contribution is 5.76. The predicted molar refractivity (Wildman–Crippen MR) is 361 cm³/mol. The van der Waals surface area contributed by atoms with Crippen LogP contribution in [0.25, 0.3) is 0 Å². The zero-order valence-corrected chi connectivity index (χ0v) is 55.2. The summed E-state index contributed by atoms with van der Waals surface area (Å²) in [6.07, 6.45) is 93.7. The zero-order valence-electron chi connectivity index (χ0n) is 55.2. The summed E-state index contributed by atoms with van der Waals surface area (Å²) >= 11 is 0. The molecule has 0 radical (unpaired) electrons. The average Bonchev–Trinajstić information content (AvgIpc) is 3.48. The summed E-state index contributed by atoms with van der Waals surface area (Å²) in [7, 11) is 0. The number of ether oxygens (including phenoxy) is 1. The number of esters is 1. The van der Waals surface area contributed by atoms with E-state index in [9.17, 15) is 19.8 Å². The van der Waals surface area contributed by atoms with Crippen molar-refractivity contribution in [2.45, 2.75) is 411 Å². The van der Waals surface area contributed by atoms with E-state index in [2.05, 4.69) is 55.6 Å². The van der Waals surface area contributed by atoms with Crippen molar-refractivity contribution in [3.63, 3.8) is 0 Å². The fraction of sp³-hybridized carbons (Fsp3) is 0.868. The van der Waals surface area contributed by atoms with Crippen LogP contribution < -0.4 is 5.32 Å². The highest BCUT2D eigenvalue weighted by Crippen LogP contribution is 2.18. The number of nitrogens with one attached hydrogen (secondary N) is 1. The van der Waals surface area contributed by atoms with E-state index in [1.807, 2.05) is 6.08 Å². The maximum atomic E-state index is 12.4. The molecule has 482 valence electrons. The van der Waals surface area contributed by atoms with E-state index in [1.165, 1.54) is 321 Å². The molecule has 0 bridgehead atoms. The van der Waals surface area contributed by atoms with Crippen molar-refractivity contribution in [2.24, 2.45) is 0 Å². The molecule has 0 aromatic carbocycles. The minimum Gasteiger partial charge on any atom is -0.466 e. The number of carbonyl (C=O) groups excluding carboxylic acids is 2. The van der Waals surface area contributed by atoms with Crippen molar-refractivity contribution in [2.75, 3.05) is 13.2 Å². The van der Waals surface area contributed by atoms with Crippen LogP contribution in [0.4, 0.5) is 0 Å². The number of unbranched alkanes of at least 4 members (excludes halogenated alkanes) is 52. The summed E-state index contributed by atoms with van der Waals surface area (Å²) in [5.41, 5.74) is 0. The summed E-state index contributed by atoms with van der Waals surface area (Å²) in [6, 6.07) is -0.623. The number of aliphatic hydroxyl groups is 2. The quantitative estimate of drug-likeness (QED) is 0.0320. The van der Waals surface area contributed by atoms with Gasteiger partial charge in [-0.1, -0.05) is 345 Å². The van der Waals surface area contributed by atoms with Crippen LogP contribution in [-0.2, 0) is 14.3 Å². The van der Waals surface area contributed by atoms with Gasteiger partial charge in [-0.25, -0.2) is 0 Å². The van der Waals surface area contributed by atoms with Gasteiger partial charge in [0.15, 0.2) is 0 Å². The van der Waals surface area contributed by atoms with Crippen molar-refractivity contribution in [1.82, 2.24) is 5.32 Å². The average molecular weight is 1150 g/mol. The van der Waals surface area contributed by atoms with Gasteiger partial charge in [-0.15, -0.1) is 0 Å². The molecule has 0 aromatic rings. The number of amides is 1. The number of allylic oxidation sites excluding steroid dienone is 7. The Bertz CT molecular complexity index is 1370. The molecule has 0 spiro atoms. The molecule has 6 heteroatoms. The molecule has 6 nitrogen and oxygen atoms in total. The van der Waals surface area contributed by atoms with Gasteiger partial charge in [-0.2, -0.15) is 0 Å². The lowest BCUT2D eigenvalue weighted by Crippen LogP contribution is -2.45. The van der Waals surface area contributed by atoms with Crippen LogP contribution >= 0.6 is 0 Å². The molecule has 0 aromatic heterocycles. The van der Waals surface area contributed by atoms with Crippen LogP contribution in [0.1, 0.15) is 399 Å². The second-order valence-corrected chi connectivity index (χ2v) is 25.3. The van der Waals surface area contributed by atoms with Gasteiger partial charge in [-0.3, -0.25) is 9.59 Å². The first-order valence-electron chi connectivity index (χ1n) is 36.9. The normalized spacial score (nSPS) is 12.8. The third-order valence-corrected chi connectivity index (χ3v) is 17.1. The lowest BCUT2D eigenvalue weighted by molar-refractivity contribution is -0.143. The van der Waals surface area contributed by atoms with Crippen molar-refractivity contribution in [1.29, 1.82) is 0 Å². The molecule has 82 heavy (non-hydrogen) atoms. The molecule has 0 aliphatic rings. The Morgan fingerprint density at radius 2 is 0.610 bits per heavy atom. The Morgan fingerprint density at radius 1 is 0.341 bits per heavy atom. The van der Waals surface area contributed by atoms with Crippen molar-refractivity contribution in [3.05, 3.63) is 48.6 Å². The maximum Gasteiger partial charge on any atom is 0.305 e. The summed E-state index contributed by atoms with van der Waals surface area (Å²) in [5.74, 6) is -0.0508. The summed E-state index contributed by atoms with van der Waals surface area (Å²) in [5, 5.41) is 23.0. The third-order valence-electron chi connectivity index (χ3n) is 17.1. The number of hydrogen-bond donors (Lipinski definition) is 3. The number of carbonyl (C=O) groups is 2. The van der Waals surface area contributed by atoms with Gasteiger partial charge in [0.2, 0.25) is 5.91 Å². The molecule has 2 atom stereocenters. The van der Waals surface area contributed by atoms with E-state index >= 15 is 0 Å². The molecule has 0 fully saturated rings. The van der Waals surface area contributed by atoms with Gasteiger partial charge in [0.25, 0.3) is 0 Å². The topological polar surface area (TPSA) is 95.9 Å². The second kappa shape index (κ2) is 71.3. The molecule has 3 N–H and O–H groups in total. The first-order valence-corrected chi connectivity index (χ1v) is 36.9. The van der Waals surface area contributed by atoms with Gasteiger partial charge < -0.3 is 20.3 Å². The standard InChI is InChI=1S/C76H143NO5/c1-3-5-7-9-11-13-15-16-17-18-41-44-47-50-54-58-62-66-70-76(81)82-71-67-63-59-55-51-48-45-42-39-37-35-33-31-29-27-25-23-21-19-20-22-24-26-28-30-32-34-36-38-40-43-46-49-53-57-61-65-69-75(80)77-73(72-78)74(79)68-64-60-56-52-14-12-10-8-6-4-2/h13,15,17-19,21,64,68,73-74,78-79H,3-12,14,16,20,22-63,65-67,69-72H2,1-2H3,(H,77,80)/b15-13-,18-17-,21-19-,68-64+. The summed E-state index contributed by atoms with van der Waals surface area (Å²) in [4.78, 5) is 24.5. The third kappa shape index (κ3) is 67.0. The summed E-state index contributed by atoms with van der Waals surface area (Å²) < 4.78 is 5.51. The molecular weight excluding hydrogens is 1010 g/mol. The highest BCUT2D eigenvalue weighted by Gasteiger charge is 2.18. The number of rotatable bonds is 69. The van der Waals surface area contributed by atoms with Gasteiger partial charge >= 0.3 is 5.97 Å². The first kappa shape index (κ1) is 79.8. The Kier molecular flexibility index (Phi) is 69.4. The zero-order chi connectivity index (χ0) is 59.2. The van der Waals surface area contributed by atoms with Crippen molar-refractivity contribution < 1.29 is 24.5 Å². The van der Waals surface area contributed by atoms with Crippen LogP contribution in [0.3, 0.4) is 0 Å². The van der Waals surface area contributed by atoms with E-state index in [-0.39, 0.29) is 18.5 Å². The van der Waals surface area contributed by atoms with Gasteiger partial charge in [0.1, 0.15) is 0 Å². The highest BCUT2D eigenvalue weighted by atomic mass is 16.5. The lowest BCUT2D eigenvalue weighted by atomic mass is 10.0. The van der Waals surface area contributed by atoms with Gasteiger partial charge in [0.05, 0.1) is 25.4 Å². The molecule has 0 aliphatic heterocycles. The second-order valence-electron chi connectivity index (χ2n) is 25.3. The molecule has 0 rings (SSSR count). The summed E-state index contributed by atoms with van der Waals surface area (Å²) in [6.45, 7) is 4.89. The van der Waals surface area contributed by atoms with Crippen LogP contribution in [0, 0.1) is 0 Å². The van der Waals surface area contributed by atoms with Crippen LogP contribution in [0.2, 0.25) is 0 Å². The van der Waals surface area contributed by atoms with E-state index in [0.717, 1.165) is 51.4 Å². The Labute approximate surface area is 512 Å². The minimum absolute atomic E-state index is 0.0140. The molecule has 0 aliphatic carbocycles. The molecule has 2 unspecified atom stereocenters. The first-order chi connectivity index (χ1) is 40.5. The molecule has 0 saturated carbocycles. The van der Waals surface area contributed by atoms with Crippen molar-refractivity contribution in [3.8, 4) is 0 Å². The Balaban J connectivity index is 3.32. The fourth-order valence-electron chi connectivity index (χ4n) is 11.4. The SMILES string of the molecule is CCCCCC/C=C\C/C=C\CCCCCCCCCC(=O)OCCCCCCCCCCCCCCCCCC/C=C\CCCCCCCCCCCCCCCCCCCC(=O)NC(CO)C(O)/C=C/CCCCCCCCCC. The molecule has 0 saturated heterocycles. The van der Waals surface area contributed by atoms with Crippen LogP contribution in [0.5, 0.6) is 0 Å². The molecule has 0 heterocycles. The van der Waals surface area contributed by atoms with Crippen LogP contribution in [-0.4, -0.2) is 47.4 Å². The maximum absolute atomic E-state index is 12.4. The minimum atomic E-state index is -0.840. The van der Waals surface area contributed by atoms with Gasteiger partial charge in [-0.05, 0) is 89.9 Å². The van der Waals surface area contributed by atoms with Gasteiger partial charge in [0, 0.05) is 12.8 Å². The van der Waals surface area contributed by atoms with E-state index < -0.39 is 12.1 Å². The Hall–Kier alpha value is -2.18. The number of hydrogen-bond acceptors (Lipinski definition) is 5. The molecule has 1 amide bonds. The largest absolute Gasteiger partial charge is 0.466 e. The Morgan fingerprint density at radius 3 is 0.951 bits per heavy atom. The smallest absolute Gasteiger partial charge is 0.305 e. The van der Waals surface area contributed by atoms with E-state index in [4.69, 9.17) is 4.74 Å². The molecular formula is C76H143NO5.